The summed E-state index contributed by atoms with van der Waals surface area (Å²) >= 11 is -1.31. The Hall–Kier alpha value is -1.53. The molecule has 1 aliphatic heterocycles. The van der Waals surface area contributed by atoms with E-state index in [2.05, 4.69) is 12.1 Å². The third-order valence-corrected chi connectivity index (χ3v) is 6.77. The van der Waals surface area contributed by atoms with E-state index in [1.807, 2.05) is 53.7 Å². The molecule has 0 N–H and O–H groups in total. The molecule has 28 heavy (non-hydrogen) atoms. The topological polar surface area (TPSA) is 65.0 Å². The Morgan fingerprint density at radius 1 is 1.14 bits per heavy atom. The van der Waals surface area contributed by atoms with Gasteiger partial charge in [-0.1, -0.05) is 28.7 Å². The number of piperidine rings is 1. The Labute approximate surface area is 171 Å². The molecule has 1 saturated heterocycles. The van der Waals surface area contributed by atoms with Crippen molar-refractivity contribution < 1.29 is 14.1 Å². The summed E-state index contributed by atoms with van der Waals surface area (Å²) in [5.74, 6) is 0. The summed E-state index contributed by atoms with van der Waals surface area (Å²) in [7, 11) is 0. The highest BCUT2D eigenvalue weighted by Crippen LogP contribution is 2.46. The predicted octanol–water partition coefficient (Wildman–Crippen LogP) is 4.51. The van der Waals surface area contributed by atoms with Crippen LogP contribution in [-0.2, 0) is 22.5 Å². The number of fused-ring (bicyclic) bond motifs is 1. The lowest BCUT2D eigenvalue weighted by Gasteiger charge is -2.39. The second-order valence-electron chi connectivity index (χ2n) is 9.88. The fraction of sp³-hybridized carbons (Fsp3) is 0.636. The van der Waals surface area contributed by atoms with Gasteiger partial charge in [-0.2, -0.15) is 0 Å². The van der Waals surface area contributed by atoms with Crippen molar-refractivity contribution in [2.24, 2.45) is 9.81 Å². The van der Waals surface area contributed by atoms with E-state index in [0.717, 1.165) is 30.5 Å². The molecule has 0 bridgehead atoms. The molecular formula is C22H32N2O3S. The molecule has 0 saturated carbocycles. The van der Waals surface area contributed by atoms with E-state index in [1.165, 1.54) is 5.56 Å². The van der Waals surface area contributed by atoms with Gasteiger partial charge >= 0.3 is 6.09 Å². The van der Waals surface area contributed by atoms with Crippen LogP contribution in [0.5, 0.6) is 0 Å². The van der Waals surface area contributed by atoms with Crippen LogP contribution in [0.15, 0.2) is 28.7 Å². The van der Waals surface area contributed by atoms with Crippen LogP contribution < -0.4 is 0 Å². The Morgan fingerprint density at radius 2 is 1.75 bits per heavy atom. The monoisotopic (exact) mass is 404 g/mol. The quantitative estimate of drug-likeness (QED) is 0.647. The SMILES string of the molecule is CC(C)(C)OC(=O)N1CCC2(CC1)Cc1ccccc1/C2=N/[S+]([O-])C(C)(C)C. The molecule has 1 amide bonds. The first kappa shape index (κ1) is 21.2. The number of rotatable bonds is 1. The van der Waals surface area contributed by atoms with Crippen LogP contribution in [0.25, 0.3) is 0 Å². The van der Waals surface area contributed by atoms with Crippen molar-refractivity contribution in [3.8, 4) is 0 Å². The summed E-state index contributed by atoms with van der Waals surface area (Å²) in [6.07, 6.45) is 2.25. The normalized spacial score (nSPS) is 21.7. The van der Waals surface area contributed by atoms with Gasteiger partial charge in [-0.3, -0.25) is 0 Å². The summed E-state index contributed by atoms with van der Waals surface area (Å²) in [5, 5.41) is 0. The second-order valence-corrected chi connectivity index (χ2v) is 11.8. The zero-order valence-electron chi connectivity index (χ0n) is 17.9. The first-order chi connectivity index (χ1) is 12.9. The number of carbonyl (C=O) groups excluding carboxylic acids is 1. The lowest BCUT2D eigenvalue weighted by atomic mass is 9.74. The summed E-state index contributed by atoms with van der Waals surface area (Å²) in [5.41, 5.74) is 2.69. The highest BCUT2D eigenvalue weighted by molar-refractivity contribution is 7.91. The van der Waals surface area contributed by atoms with Crippen LogP contribution >= 0.6 is 0 Å². The summed E-state index contributed by atoms with van der Waals surface area (Å²) in [6, 6.07) is 8.29. The fourth-order valence-electron chi connectivity index (χ4n) is 3.86. The molecule has 1 spiro atoms. The lowest BCUT2D eigenvalue weighted by molar-refractivity contribution is 0.0159. The number of hydrogen-bond acceptors (Lipinski definition) is 4. The standard InChI is InChI=1S/C22H32N2O3S/c1-20(2,3)27-19(25)24-13-11-22(12-14-24)15-16-9-7-8-10-17(16)18(22)23-28(26)21(4,5)6/h7-10H,11-15H2,1-6H3/b23-18-. The van der Waals surface area contributed by atoms with E-state index in [4.69, 9.17) is 9.13 Å². The molecule has 3 rings (SSSR count). The number of nitrogens with zero attached hydrogens (tertiary/aromatic N) is 2. The molecular weight excluding hydrogens is 372 g/mol. The average molecular weight is 405 g/mol. The Balaban J connectivity index is 1.85. The zero-order chi connectivity index (χ0) is 20.7. The van der Waals surface area contributed by atoms with Crippen molar-refractivity contribution in [3.05, 3.63) is 35.4 Å². The minimum atomic E-state index is -1.31. The van der Waals surface area contributed by atoms with Crippen LogP contribution in [0, 0.1) is 5.41 Å². The van der Waals surface area contributed by atoms with Gasteiger partial charge < -0.3 is 14.2 Å². The molecule has 1 unspecified atom stereocenters. The Morgan fingerprint density at radius 3 is 2.32 bits per heavy atom. The van der Waals surface area contributed by atoms with Crippen molar-refractivity contribution >= 4 is 23.2 Å². The zero-order valence-corrected chi connectivity index (χ0v) is 18.7. The average Bonchev–Trinajstić information content (AvgIpc) is 2.86. The maximum absolute atomic E-state index is 12.8. The van der Waals surface area contributed by atoms with E-state index < -0.39 is 21.7 Å². The second kappa shape index (κ2) is 7.38. The van der Waals surface area contributed by atoms with Gasteiger partial charge in [0.25, 0.3) is 0 Å². The van der Waals surface area contributed by atoms with Crippen molar-refractivity contribution in [2.45, 2.75) is 71.2 Å². The van der Waals surface area contributed by atoms with Gasteiger partial charge in [-0.05, 0) is 66.4 Å². The van der Waals surface area contributed by atoms with Crippen LogP contribution in [-0.4, -0.2) is 44.7 Å². The molecule has 154 valence electrons. The highest BCUT2D eigenvalue weighted by atomic mass is 32.2. The molecule has 1 aliphatic carbocycles. The van der Waals surface area contributed by atoms with Gasteiger partial charge in [0.15, 0.2) is 0 Å². The third-order valence-electron chi connectivity index (χ3n) is 5.37. The molecule has 0 radical (unpaired) electrons. The van der Waals surface area contributed by atoms with Gasteiger partial charge in [0.05, 0.1) is 0 Å². The Bertz CT molecular complexity index is 769. The van der Waals surface area contributed by atoms with Crippen molar-refractivity contribution in [1.29, 1.82) is 0 Å². The van der Waals surface area contributed by atoms with Gasteiger partial charge in [0.2, 0.25) is 0 Å². The number of amides is 1. The third kappa shape index (κ3) is 4.38. The highest BCUT2D eigenvalue weighted by Gasteiger charge is 2.48. The molecule has 1 heterocycles. The summed E-state index contributed by atoms with van der Waals surface area (Å²) in [6.45, 7) is 12.8. The van der Waals surface area contributed by atoms with E-state index in [0.29, 0.717) is 13.1 Å². The van der Waals surface area contributed by atoms with Crippen LogP contribution in [0.1, 0.15) is 65.5 Å². The number of carbonyl (C=O) groups is 1. The fourth-order valence-corrected chi connectivity index (χ4v) is 4.59. The minimum absolute atomic E-state index is 0.150. The molecule has 6 heteroatoms. The number of benzene rings is 1. The summed E-state index contributed by atoms with van der Waals surface area (Å²) in [4.78, 5) is 14.2. The lowest BCUT2D eigenvalue weighted by Crippen LogP contribution is -2.47. The van der Waals surface area contributed by atoms with E-state index >= 15 is 0 Å². The van der Waals surface area contributed by atoms with Gasteiger partial charge in [-0.15, -0.1) is 0 Å². The van der Waals surface area contributed by atoms with E-state index in [-0.39, 0.29) is 11.5 Å². The summed E-state index contributed by atoms with van der Waals surface area (Å²) < 4.78 is 22.7. The van der Waals surface area contributed by atoms with Crippen molar-refractivity contribution in [2.75, 3.05) is 13.1 Å². The molecule has 1 aromatic rings. The van der Waals surface area contributed by atoms with Gasteiger partial charge in [-0.25, -0.2) is 4.79 Å². The van der Waals surface area contributed by atoms with Crippen molar-refractivity contribution in [3.63, 3.8) is 0 Å². The first-order valence-corrected chi connectivity index (χ1v) is 11.1. The van der Waals surface area contributed by atoms with Gasteiger partial charge in [0, 0.05) is 24.1 Å². The molecule has 1 aromatic carbocycles. The Kier molecular flexibility index (Phi) is 5.58. The minimum Gasteiger partial charge on any atom is -0.591 e. The molecule has 5 nitrogen and oxygen atoms in total. The number of likely N-dealkylation sites (tertiary alicyclic amines) is 1. The number of ether oxygens (including phenoxy) is 1. The van der Waals surface area contributed by atoms with Gasteiger partial charge in [0.1, 0.15) is 27.4 Å². The maximum Gasteiger partial charge on any atom is 0.410 e. The van der Waals surface area contributed by atoms with E-state index in [9.17, 15) is 9.35 Å². The smallest absolute Gasteiger partial charge is 0.410 e. The predicted molar refractivity (Wildman–Crippen MR) is 114 cm³/mol. The van der Waals surface area contributed by atoms with Crippen LogP contribution in [0.2, 0.25) is 0 Å². The van der Waals surface area contributed by atoms with Crippen LogP contribution in [0.3, 0.4) is 0 Å². The largest absolute Gasteiger partial charge is 0.591 e. The van der Waals surface area contributed by atoms with E-state index in [1.54, 1.807) is 4.90 Å². The maximum atomic E-state index is 12.8. The molecule has 1 fully saturated rings. The number of hydrogen-bond donors (Lipinski definition) is 0. The molecule has 1 atom stereocenters. The molecule has 0 aromatic heterocycles. The van der Waals surface area contributed by atoms with Crippen LogP contribution in [0.4, 0.5) is 4.79 Å². The molecule has 2 aliphatic rings. The first-order valence-electron chi connectivity index (χ1n) is 9.99. The van der Waals surface area contributed by atoms with Crippen molar-refractivity contribution in [1.82, 2.24) is 4.90 Å².